The van der Waals surface area contributed by atoms with Gasteiger partial charge in [-0.05, 0) is 60.8 Å². The summed E-state index contributed by atoms with van der Waals surface area (Å²) in [7, 11) is 0. The van der Waals surface area contributed by atoms with E-state index in [4.69, 9.17) is 4.74 Å². The predicted octanol–water partition coefficient (Wildman–Crippen LogP) is 6.95. The number of aryl methyl sites for hydroxylation is 1. The SMILES string of the molecule is CCC1(CC)C[C@@H](c2ccc(C)cc2)[C@H](CC[C@H]2C[C@H](O)CC(=O)O2)C(CC)(CC)C1. The summed E-state index contributed by atoms with van der Waals surface area (Å²) >= 11 is 0. The molecule has 3 rings (SSSR count). The van der Waals surface area contributed by atoms with Crippen LogP contribution in [0.5, 0.6) is 0 Å². The maximum absolute atomic E-state index is 11.9. The monoisotopic (exact) mass is 428 g/mol. The van der Waals surface area contributed by atoms with Crippen molar-refractivity contribution in [3.8, 4) is 0 Å². The number of aliphatic hydroxyl groups is 1. The molecule has 174 valence electrons. The highest BCUT2D eigenvalue weighted by Gasteiger charge is 2.51. The highest BCUT2D eigenvalue weighted by molar-refractivity contribution is 5.70. The number of esters is 1. The summed E-state index contributed by atoms with van der Waals surface area (Å²) in [5, 5.41) is 10.1. The lowest BCUT2D eigenvalue weighted by Crippen LogP contribution is -2.46. The zero-order valence-electron chi connectivity index (χ0n) is 20.5. The first-order valence-corrected chi connectivity index (χ1v) is 12.7. The fourth-order valence-electron chi connectivity index (χ4n) is 6.87. The average Bonchev–Trinajstić information content (AvgIpc) is 2.77. The Balaban J connectivity index is 1.93. The van der Waals surface area contributed by atoms with Gasteiger partial charge in [-0.25, -0.2) is 0 Å². The summed E-state index contributed by atoms with van der Waals surface area (Å²) < 4.78 is 5.62. The van der Waals surface area contributed by atoms with Crippen molar-refractivity contribution in [3.63, 3.8) is 0 Å². The molecule has 0 spiro atoms. The van der Waals surface area contributed by atoms with Crippen LogP contribution in [0, 0.1) is 23.7 Å². The van der Waals surface area contributed by atoms with Gasteiger partial charge in [0.2, 0.25) is 0 Å². The zero-order chi connectivity index (χ0) is 22.6. The fraction of sp³-hybridized carbons (Fsp3) is 0.750. The van der Waals surface area contributed by atoms with Crippen LogP contribution in [0.15, 0.2) is 24.3 Å². The first-order valence-electron chi connectivity index (χ1n) is 12.7. The second kappa shape index (κ2) is 10.1. The first-order chi connectivity index (χ1) is 14.8. The molecule has 2 fully saturated rings. The summed E-state index contributed by atoms with van der Waals surface area (Å²) in [4.78, 5) is 11.9. The van der Waals surface area contributed by atoms with Gasteiger partial charge in [-0.2, -0.15) is 0 Å². The quantitative estimate of drug-likeness (QED) is 0.456. The van der Waals surface area contributed by atoms with Gasteiger partial charge < -0.3 is 9.84 Å². The van der Waals surface area contributed by atoms with Crippen LogP contribution in [0.2, 0.25) is 0 Å². The molecule has 0 amide bonds. The Labute approximate surface area is 190 Å². The minimum Gasteiger partial charge on any atom is -0.462 e. The van der Waals surface area contributed by atoms with Gasteiger partial charge >= 0.3 is 5.97 Å². The Morgan fingerprint density at radius 1 is 1.00 bits per heavy atom. The van der Waals surface area contributed by atoms with Crippen molar-refractivity contribution in [3.05, 3.63) is 35.4 Å². The van der Waals surface area contributed by atoms with E-state index < -0.39 is 6.10 Å². The third-order valence-corrected chi connectivity index (χ3v) is 9.10. The number of ether oxygens (including phenoxy) is 1. The Kier molecular flexibility index (Phi) is 7.89. The van der Waals surface area contributed by atoms with Gasteiger partial charge in [-0.15, -0.1) is 0 Å². The standard InChI is InChI=1S/C28H44O3/c1-6-27(7-2)18-24(21-12-10-20(5)11-13-21)25(28(8-3,9-4)19-27)15-14-23-16-22(29)17-26(30)31-23/h10-13,22-25,29H,6-9,14-19H2,1-5H3/t22-,23-,24-,25-/m0/s1. The second-order valence-electron chi connectivity index (χ2n) is 10.6. The molecule has 1 aromatic carbocycles. The number of rotatable bonds is 8. The van der Waals surface area contributed by atoms with Crippen LogP contribution in [0.4, 0.5) is 0 Å². The van der Waals surface area contributed by atoms with E-state index in [1.54, 1.807) is 0 Å². The number of cyclic esters (lactones) is 1. The molecule has 0 aromatic heterocycles. The van der Waals surface area contributed by atoms with Crippen LogP contribution in [-0.2, 0) is 9.53 Å². The average molecular weight is 429 g/mol. The number of carbonyl (C=O) groups excluding carboxylic acids is 1. The highest BCUT2D eigenvalue weighted by Crippen LogP contribution is 2.62. The molecule has 0 unspecified atom stereocenters. The minimum absolute atomic E-state index is 0.134. The van der Waals surface area contributed by atoms with Crippen LogP contribution < -0.4 is 0 Å². The summed E-state index contributed by atoms with van der Waals surface area (Å²) in [6.07, 6.45) is 9.43. The number of benzene rings is 1. The molecule has 3 heteroatoms. The predicted molar refractivity (Wildman–Crippen MR) is 127 cm³/mol. The third-order valence-electron chi connectivity index (χ3n) is 9.10. The number of aliphatic hydroxyl groups excluding tert-OH is 1. The molecular formula is C28H44O3. The molecule has 3 nitrogen and oxygen atoms in total. The van der Waals surface area contributed by atoms with Crippen molar-refractivity contribution < 1.29 is 14.6 Å². The van der Waals surface area contributed by atoms with Gasteiger partial charge in [-0.3, -0.25) is 4.79 Å². The molecule has 1 N–H and O–H groups in total. The summed E-state index contributed by atoms with van der Waals surface area (Å²) in [5.41, 5.74) is 3.52. The second-order valence-corrected chi connectivity index (χ2v) is 10.6. The van der Waals surface area contributed by atoms with Crippen LogP contribution >= 0.6 is 0 Å². The van der Waals surface area contributed by atoms with Crippen molar-refractivity contribution in [2.75, 3.05) is 0 Å². The van der Waals surface area contributed by atoms with Crippen LogP contribution in [0.1, 0.15) is 109 Å². The molecule has 0 bridgehead atoms. The van der Waals surface area contributed by atoms with Gasteiger partial charge in [0.25, 0.3) is 0 Å². The van der Waals surface area contributed by atoms with Crippen molar-refractivity contribution in [1.29, 1.82) is 0 Å². The van der Waals surface area contributed by atoms with Crippen molar-refractivity contribution in [2.45, 2.75) is 117 Å². The number of carbonyl (C=O) groups is 1. The maximum Gasteiger partial charge on any atom is 0.308 e. The summed E-state index contributed by atoms with van der Waals surface area (Å²) in [5.74, 6) is 0.878. The van der Waals surface area contributed by atoms with Crippen molar-refractivity contribution >= 4 is 5.97 Å². The molecule has 1 saturated carbocycles. The molecule has 2 aliphatic rings. The lowest BCUT2D eigenvalue weighted by Gasteiger charge is -2.56. The zero-order valence-corrected chi connectivity index (χ0v) is 20.5. The first kappa shape index (κ1) is 24.3. The smallest absolute Gasteiger partial charge is 0.308 e. The van der Waals surface area contributed by atoms with Gasteiger partial charge in [-0.1, -0.05) is 83.2 Å². The fourth-order valence-corrected chi connectivity index (χ4v) is 6.87. The van der Waals surface area contributed by atoms with Crippen LogP contribution in [-0.4, -0.2) is 23.3 Å². The Bertz CT molecular complexity index is 714. The molecule has 1 aliphatic carbocycles. The molecular weight excluding hydrogens is 384 g/mol. The van der Waals surface area contributed by atoms with Gasteiger partial charge in [0.15, 0.2) is 0 Å². The van der Waals surface area contributed by atoms with Gasteiger partial charge in [0, 0.05) is 6.42 Å². The molecule has 1 saturated heterocycles. The van der Waals surface area contributed by atoms with E-state index >= 15 is 0 Å². The summed E-state index contributed by atoms with van der Waals surface area (Å²) in [6.45, 7) is 11.7. The van der Waals surface area contributed by atoms with E-state index in [2.05, 4.69) is 58.9 Å². The Morgan fingerprint density at radius 3 is 2.19 bits per heavy atom. The van der Waals surface area contributed by atoms with E-state index in [0.29, 0.717) is 29.1 Å². The van der Waals surface area contributed by atoms with E-state index in [9.17, 15) is 9.90 Å². The van der Waals surface area contributed by atoms with Gasteiger partial charge in [0.05, 0.1) is 12.5 Å². The third kappa shape index (κ3) is 5.18. The molecule has 4 atom stereocenters. The molecule has 31 heavy (non-hydrogen) atoms. The van der Waals surface area contributed by atoms with Crippen LogP contribution in [0.3, 0.4) is 0 Å². The molecule has 0 radical (unpaired) electrons. The van der Waals surface area contributed by atoms with Crippen molar-refractivity contribution in [2.24, 2.45) is 16.7 Å². The summed E-state index contributed by atoms with van der Waals surface area (Å²) in [6, 6.07) is 9.24. The van der Waals surface area contributed by atoms with Crippen LogP contribution in [0.25, 0.3) is 0 Å². The molecule has 1 aromatic rings. The molecule has 1 heterocycles. The van der Waals surface area contributed by atoms with E-state index in [0.717, 1.165) is 12.8 Å². The van der Waals surface area contributed by atoms with Gasteiger partial charge in [0.1, 0.15) is 6.10 Å². The Hall–Kier alpha value is -1.35. The number of hydrogen-bond acceptors (Lipinski definition) is 3. The Morgan fingerprint density at radius 2 is 1.65 bits per heavy atom. The number of hydrogen-bond donors (Lipinski definition) is 1. The lowest BCUT2D eigenvalue weighted by molar-refractivity contribution is -0.161. The van der Waals surface area contributed by atoms with E-state index in [-0.39, 0.29) is 18.5 Å². The van der Waals surface area contributed by atoms with E-state index in [1.165, 1.54) is 49.7 Å². The lowest BCUT2D eigenvalue weighted by atomic mass is 9.48. The minimum atomic E-state index is -0.541. The highest BCUT2D eigenvalue weighted by atomic mass is 16.5. The largest absolute Gasteiger partial charge is 0.462 e. The normalized spacial score (nSPS) is 30.1. The van der Waals surface area contributed by atoms with Crippen molar-refractivity contribution in [1.82, 2.24) is 0 Å². The molecule has 1 aliphatic heterocycles. The maximum atomic E-state index is 11.9. The topological polar surface area (TPSA) is 46.5 Å². The van der Waals surface area contributed by atoms with E-state index in [1.807, 2.05) is 0 Å².